The van der Waals surface area contributed by atoms with E-state index in [1.165, 1.54) is 0 Å². The topological polar surface area (TPSA) is 78.7 Å². The Labute approximate surface area is 187 Å². The fourth-order valence-corrected chi connectivity index (χ4v) is 4.39. The van der Waals surface area contributed by atoms with Gasteiger partial charge in [0.1, 0.15) is 5.75 Å². The van der Waals surface area contributed by atoms with E-state index in [4.69, 9.17) is 4.74 Å². The zero-order valence-corrected chi connectivity index (χ0v) is 17.9. The van der Waals surface area contributed by atoms with E-state index in [0.717, 1.165) is 40.5 Å². The summed E-state index contributed by atoms with van der Waals surface area (Å²) in [5.41, 5.74) is 1.80. The van der Waals surface area contributed by atoms with Gasteiger partial charge in [0, 0.05) is 60.9 Å². The largest absolute Gasteiger partial charge is 0.465 e. The van der Waals surface area contributed by atoms with Crippen LogP contribution in [0.15, 0.2) is 73.1 Å². The van der Waals surface area contributed by atoms with Crippen LogP contribution in [0.2, 0.25) is 0 Å². The summed E-state index contributed by atoms with van der Waals surface area (Å²) < 4.78 is 5.70. The molecule has 164 valence electrons. The molecular weight excluding hydrogens is 402 g/mol. The average Bonchev–Trinajstić information content (AvgIpc) is 2.83. The number of pyridine rings is 2. The number of fused-ring (bicyclic) bond motifs is 2. The Hall–Kier alpha value is -3.06. The first-order chi connectivity index (χ1) is 15.6. The number of piperidine rings is 1. The number of aliphatic hydroxyl groups is 2. The highest BCUT2D eigenvalue weighted by Crippen LogP contribution is 2.33. The molecule has 0 saturated carbocycles. The van der Waals surface area contributed by atoms with Crippen LogP contribution in [0.25, 0.3) is 21.8 Å². The highest BCUT2D eigenvalue weighted by Gasteiger charge is 2.34. The molecule has 0 radical (unpaired) electrons. The first kappa shape index (κ1) is 20.8. The minimum atomic E-state index is -0.887. The molecule has 2 aromatic carbocycles. The van der Waals surface area contributed by atoms with Crippen LogP contribution in [0, 0.1) is 0 Å². The van der Waals surface area contributed by atoms with Crippen LogP contribution in [0.5, 0.6) is 5.75 Å². The number of hydrogen-bond acceptors (Lipinski definition) is 6. The van der Waals surface area contributed by atoms with E-state index in [2.05, 4.69) is 14.9 Å². The van der Waals surface area contributed by atoms with Crippen molar-refractivity contribution in [2.24, 2.45) is 0 Å². The first-order valence-electron chi connectivity index (χ1n) is 11.1. The van der Waals surface area contributed by atoms with Gasteiger partial charge in [-0.3, -0.25) is 9.97 Å². The molecule has 1 aliphatic rings. The SMILES string of the molecule is OC(CCN1CCC(O)(c2cnc3ccccc3c2)CC1)Oc1ccc2cccnc2c1. The number of ether oxygens (including phenoxy) is 1. The van der Waals surface area contributed by atoms with Crippen LogP contribution in [-0.2, 0) is 5.60 Å². The van der Waals surface area contributed by atoms with E-state index < -0.39 is 11.9 Å². The van der Waals surface area contributed by atoms with Crippen molar-refractivity contribution in [1.29, 1.82) is 0 Å². The summed E-state index contributed by atoms with van der Waals surface area (Å²) in [6.07, 6.45) is 4.43. The van der Waals surface area contributed by atoms with Crippen molar-refractivity contribution in [2.75, 3.05) is 19.6 Å². The van der Waals surface area contributed by atoms with Crippen LogP contribution >= 0.6 is 0 Å². The van der Waals surface area contributed by atoms with Crippen molar-refractivity contribution in [3.63, 3.8) is 0 Å². The van der Waals surface area contributed by atoms with Crippen LogP contribution in [-0.4, -0.2) is 51.0 Å². The molecule has 4 aromatic rings. The Morgan fingerprint density at radius 2 is 1.75 bits per heavy atom. The maximum absolute atomic E-state index is 11.2. The molecule has 6 nitrogen and oxygen atoms in total. The monoisotopic (exact) mass is 429 g/mol. The van der Waals surface area contributed by atoms with Crippen LogP contribution in [0.1, 0.15) is 24.8 Å². The molecule has 3 heterocycles. The first-order valence-corrected chi connectivity index (χ1v) is 11.1. The summed E-state index contributed by atoms with van der Waals surface area (Å²) in [7, 11) is 0. The van der Waals surface area contributed by atoms with Gasteiger partial charge in [-0.25, -0.2) is 0 Å². The Balaban J connectivity index is 1.14. The lowest BCUT2D eigenvalue weighted by molar-refractivity contribution is -0.0476. The van der Waals surface area contributed by atoms with Gasteiger partial charge in [0.05, 0.1) is 16.6 Å². The van der Waals surface area contributed by atoms with Gasteiger partial charge >= 0.3 is 0 Å². The number of nitrogens with zero attached hydrogens (tertiary/aromatic N) is 3. The van der Waals surface area contributed by atoms with Crippen molar-refractivity contribution in [2.45, 2.75) is 31.2 Å². The van der Waals surface area contributed by atoms with Crippen LogP contribution in [0.4, 0.5) is 0 Å². The van der Waals surface area contributed by atoms with Crippen molar-refractivity contribution >= 4 is 21.8 Å². The van der Waals surface area contributed by atoms with Gasteiger partial charge in [-0.2, -0.15) is 0 Å². The highest BCUT2D eigenvalue weighted by atomic mass is 16.6. The molecule has 0 spiro atoms. The van der Waals surface area contributed by atoms with Gasteiger partial charge in [-0.1, -0.05) is 24.3 Å². The van der Waals surface area contributed by atoms with Crippen molar-refractivity contribution in [3.05, 3.63) is 78.6 Å². The van der Waals surface area contributed by atoms with Crippen LogP contribution in [0.3, 0.4) is 0 Å². The van der Waals surface area contributed by atoms with E-state index in [0.29, 0.717) is 31.6 Å². The summed E-state index contributed by atoms with van der Waals surface area (Å²) in [5, 5.41) is 23.7. The van der Waals surface area contributed by atoms with Gasteiger partial charge in [0.2, 0.25) is 0 Å². The summed E-state index contributed by atoms with van der Waals surface area (Å²) in [6, 6.07) is 19.5. The molecule has 5 rings (SSSR count). The highest BCUT2D eigenvalue weighted by molar-refractivity contribution is 5.80. The Kier molecular flexibility index (Phi) is 5.74. The number of aliphatic hydroxyl groups excluding tert-OH is 1. The summed E-state index contributed by atoms with van der Waals surface area (Å²) in [4.78, 5) is 11.1. The van der Waals surface area contributed by atoms with Crippen molar-refractivity contribution in [1.82, 2.24) is 14.9 Å². The van der Waals surface area contributed by atoms with Crippen molar-refractivity contribution in [3.8, 4) is 5.75 Å². The van der Waals surface area contributed by atoms with Gasteiger partial charge in [0.15, 0.2) is 6.29 Å². The smallest absolute Gasteiger partial charge is 0.198 e. The number of rotatable bonds is 6. The molecule has 2 aromatic heterocycles. The number of hydrogen-bond donors (Lipinski definition) is 2. The summed E-state index contributed by atoms with van der Waals surface area (Å²) in [6.45, 7) is 2.23. The molecule has 1 atom stereocenters. The van der Waals surface area contributed by atoms with Gasteiger partial charge in [0.25, 0.3) is 0 Å². The van der Waals surface area contributed by atoms with Crippen LogP contribution < -0.4 is 4.74 Å². The third-order valence-corrected chi connectivity index (χ3v) is 6.35. The number of para-hydroxylation sites is 1. The molecule has 1 saturated heterocycles. The molecule has 1 fully saturated rings. The zero-order valence-electron chi connectivity index (χ0n) is 17.9. The Bertz CT molecular complexity index is 1220. The minimum absolute atomic E-state index is 0.496. The van der Waals surface area contributed by atoms with E-state index in [-0.39, 0.29) is 0 Å². The predicted octanol–water partition coefficient (Wildman–Crippen LogP) is 3.85. The standard InChI is InChI=1S/C26H27N3O3/c30-25(32-22-8-7-19-5-3-12-27-24(19)17-22)9-13-29-14-10-26(31,11-15-29)21-16-20-4-1-2-6-23(20)28-18-21/h1-8,12,16-18,25,30-31H,9-11,13-15H2. The molecule has 2 N–H and O–H groups in total. The Morgan fingerprint density at radius 3 is 2.62 bits per heavy atom. The summed E-state index contributed by atoms with van der Waals surface area (Å²) in [5.74, 6) is 0.612. The van der Waals surface area contributed by atoms with Gasteiger partial charge in [-0.05, 0) is 43.2 Å². The molecule has 6 heteroatoms. The maximum Gasteiger partial charge on any atom is 0.198 e. The molecule has 0 aliphatic carbocycles. The maximum atomic E-state index is 11.2. The zero-order chi connectivity index (χ0) is 22.0. The lowest BCUT2D eigenvalue weighted by atomic mass is 9.85. The number of benzene rings is 2. The number of aromatic nitrogens is 2. The van der Waals surface area contributed by atoms with E-state index in [1.54, 1.807) is 12.4 Å². The number of likely N-dealkylation sites (tertiary alicyclic amines) is 1. The second-order valence-corrected chi connectivity index (χ2v) is 8.51. The second-order valence-electron chi connectivity index (χ2n) is 8.51. The van der Waals surface area contributed by atoms with Gasteiger partial charge in [-0.15, -0.1) is 0 Å². The molecule has 32 heavy (non-hydrogen) atoms. The normalized spacial score (nSPS) is 17.4. The lowest BCUT2D eigenvalue weighted by Gasteiger charge is -2.38. The fourth-order valence-electron chi connectivity index (χ4n) is 4.39. The van der Waals surface area contributed by atoms with E-state index >= 15 is 0 Å². The minimum Gasteiger partial charge on any atom is -0.465 e. The van der Waals surface area contributed by atoms with Gasteiger partial charge < -0.3 is 19.8 Å². The Morgan fingerprint density at radius 1 is 0.938 bits per heavy atom. The average molecular weight is 430 g/mol. The molecule has 1 aliphatic heterocycles. The molecule has 1 unspecified atom stereocenters. The lowest BCUT2D eigenvalue weighted by Crippen LogP contribution is -2.43. The third kappa shape index (κ3) is 4.43. The fraction of sp³-hybridized carbons (Fsp3) is 0.308. The summed E-state index contributed by atoms with van der Waals surface area (Å²) >= 11 is 0. The molecule has 0 bridgehead atoms. The van der Waals surface area contributed by atoms with Crippen molar-refractivity contribution < 1.29 is 14.9 Å². The third-order valence-electron chi connectivity index (χ3n) is 6.35. The predicted molar refractivity (Wildman–Crippen MR) is 124 cm³/mol. The quantitative estimate of drug-likeness (QED) is 0.453. The van der Waals surface area contributed by atoms with E-state index in [1.807, 2.05) is 60.7 Å². The molecule has 0 amide bonds. The van der Waals surface area contributed by atoms with E-state index in [9.17, 15) is 10.2 Å². The second kappa shape index (κ2) is 8.82. The molecular formula is C26H27N3O3.